The molecule has 3 unspecified atom stereocenters. The molecule has 1 heterocycles. The molecule has 1 saturated carbocycles. The average Bonchev–Trinajstić information content (AvgIpc) is 3.13. The molecule has 0 amide bonds. The second kappa shape index (κ2) is 6.26. The van der Waals surface area contributed by atoms with E-state index in [2.05, 4.69) is 0 Å². The molecule has 0 N–H and O–H groups in total. The van der Waals surface area contributed by atoms with Crippen LogP contribution in [0.2, 0.25) is 12.1 Å². The van der Waals surface area contributed by atoms with Crippen LogP contribution in [0.3, 0.4) is 0 Å². The highest BCUT2D eigenvalue weighted by Gasteiger charge is 2.46. The first-order chi connectivity index (χ1) is 9.44. The van der Waals surface area contributed by atoms with E-state index < -0.39 is 8.56 Å². The number of rotatable bonds is 6. The first-order valence-corrected chi connectivity index (χ1v) is 9.72. The van der Waals surface area contributed by atoms with Crippen LogP contribution in [0.1, 0.15) is 46.5 Å². The zero-order chi connectivity index (χ0) is 14.8. The molecule has 1 saturated heterocycles. The molecule has 0 aromatic carbocycles. The molecule has 1 aliphatic heterocycles. The van der Waals surface area contributed by atoms with E-state index in [9.17, 15) is 9.59 Å². The average molecular weight is 300 g/mol. The van der Waals surface area contributed by atoms with E-state index in [0.29, 0.717) is 30.2 Å². The first-order valence-electron chi connectivity index (χ1n) is 7.48. The van der Waals surface area contributed by atoms with Gasteiger partial charge in [-0.3, -0.25) is 9.59 Å². The van der Waals surface area contributed by atoms with Crippen LogP contribution in [0.4, 0.5) is 0 Å². The van der Waals surface area contributed by atoms with Gasteiger partial charge < -0.3 is 13.6 Å². The number of fused-ring (bicyclic) bond motifs is 1. The normalized spacial score (nSPS) is 28.4. The van der Waals surface area contributed by atoms with Crippen LogP contribution in [0.25, 0.3) is 0 Å². The summed E-state index contributed by atoms with van der Waals surface area (Å²) in [6, 6.07) is 1.31. The van der Waals surface area contributed by atoms with Gasteiger partial charge >= 0.3 is 8.56 Å². The van der Waals surface area contributed by atoms with Crippen molar-refractivity contribution in [1.82, 2.24) is 0 Å². The number of ether oxygens (including phenoxy) is 1. The minimum Gasteiger partial charge on any atom is -0.485 e. The third kappa shape index (κ3) is 4.05. The van der Waals surface area contributed by atoms with E-state index >= 15 is 0 Å². The first kappa shape index (κ1) is 15.5. The van der Waals surface area contributed by atoms with Crippen molar-refractivity contribution in [3.63, 3.8) is 0 Å². The Morgan fingerprint density at radius 3 is 2.30 bits per heavy atom. The summed E-state index contributed by atoms with van der Waals surface area (Å²) in [5.41, 5.74) is 0. The van der Waals surface area contributed by atoms with Gasteiger partial charge in [0, 0.05) is 25.9 Å². The number of epoxide rings is 1. The smallest absolute Gasteiger partial charge is 0.463 e. The molecule has 2 fully saturated rings. The molecule has 1 aliphatic carbocycles. The molecule has 114 valence electrons. The van der Waals surface area contributed by atoms with E-state index in [1.165, 1.54) is 13.8 Å². The molecule has 0 aromatic rings. The topological polar surface area (TPSA) is 65.1 Å². The van der Waals surface area contributed by atoms with Gasteiger partial charge in [0.15, 0.2) is 0 Å². The van der Waals surface area contributed by atoms with Crippen molar-refractivity contribution in [2.45, 2.75) is 70.8 Å². The SMILES string of the molecule is CC[Si](CCC1CCC2OC2C1)(OC(C)=O)OC(C)=O. The highest BCUT2D eigenvalue weighted by Crippen LogP contribution is 2.42. The molecular weight excluding hydrogens is 276 g/mol. The van der Waals surface area contributed by atoms with E-state index in [1.54, 1.807) is 0 Å². The summed E-state index contributed by atoms with van der Waals surface area (Å²) in [7, 11) is -2.73. The molecule has 0 spiro atoms. The largest absolute Gasteiger partial charge is 0.485 e. The second-order valence-corrected chi connectivity index (χ2v) is 9.32. The summed E-state index contributed by atoms with van der Waals surface area (Å²) in [5, 5.41) is 0. The second-order valence-electron chi connectivity index (χ2n) is 5.88. The lowest BCUT2D eigenvalue weighted by Crippen LogP contribution is -2.44. The number of hydrogen-bond donors (Lipinski definition) is 0. The quantitative estimate of drug-likeness (QED) is 0.557. The highest BCUT2D eigenvalue weighted by atomic mass is 28.4. The maximum Gasteiger partial charge on any atom is 0.463 e. The van der Waals surface area contributed by atoms with Gasteiger partial charge in [-0.1, -0.05) is 6.92 Å². The van der Waals surface area contributed by atoms with Crippen LogP contribution in [0.5, 0.6) is 0 Å². The Morgan fingerprint density at radius 2 is 1.80 bits per heavy atom. The minimum absolute atomic E-state index is 0.353. The monoisotopic (exact) mass is 300 g/mol. The lowest BCUT2D eigenvalue weighted by atomic mass is 9.88. The van der Waals surface area contributed by atoms with Gasteiger partial charge in [-0.25, -0.2) is 0 Å². The van der Waals surface area contributed by atoms with Crippen molar-refractivity contribution >= 4 is 20.5 Å². The summed E-state index contributed by atoms with van der Waals surface area (Å²) >= 11 is 0. The van der Waals surface area contributed by atoms with Crippen LogP contribution in [0, 0.1) is 5.92 Å². The Hall–Kier alpha value is -0.883. The van der Waals surface area contributed by atoms with Crippen LogP contribution in [-0.4, -0.2) is 32.7 Å². The molecule has 3 atom stereocenters. The standard InChI is InChI=1S/C14H24O5Si/c1-4-20(18-10(2)15,19-11(3)16)8-7-12-5-6-13-14(9-12)17-13/h12-14H,4-9H2,1-3H3. The summed E-state index contributed by atoms with van der Waals surface area (Å²) in [5.74, 6) is -0.105. The summed E-state index contributed by atoms with van der Waals surface area (Å²) in [6.07, 6.45) is 5.30. The fourth-order valence-electron chi connectivity index (χ4n) is 3.14. The van der Waals surface area contributed by atoms with Crippen molar-refractivity contribution in [3.05, 3.63) is 0 Å². The van der Waals surface area contributed by atoms with Gasteiger partial charge in [0.2, 0.25) is 0 Å². The molecule has 5 nitrogen and oxygen atoms in total. The number of carbonyl (C=O) groups is 2. The molecule has 0 aromatic heterocycles. The van der Waals surface area contributed by atoms with E-state index in [0.717, 1.165) is 25.7 Å². The van der Waals surface area contributed by atoms with Crippen molar-refractivity contribution in [1.29, 1.82) is 0 Å². The molecule has 0 radical (unpaired) electrons. The molecule has 2 rings (SSSR count). The summed E-state index contributed by atoms with van der Waals surface area (Å²) in [4.78, 5) is 22.6. The predicted molar refractivity (Wildman–Crippen MR) is 75.2 cm³/mol. The Kier molecular flexibility index (Phi) is 4.85. The molecular formula is C14H24O5Si. The van der Waals surface area contributed by atoms with Crippen molar-refractivity contribution < 1.29 is 23.2 Å². The van der Waals surface area contributed by atoms with Gasteiger partial charge in [0.05, 0.1) is 12.2 Å². The van der Waals surface area contributed by atoms with Gasteiger partial charge in [-0.15, -0.1) is 0 Å². The highest BCUT2D eigenvalue weighted by molar-refractivity contribution is 6.70. The zero-order valence-electron chi connectivity index (χ0n) is 12.5. The van der Waals surface area contributed by atoms with E-state index in [1.807, 2.05) is 6.92 Å². The molecule has 6 heteroatoms. The Bertz CT molecular complexity index is 368. The van der Waals surface area contributed by atoms with Crippen LogP contribution < -0.4 is 0 Å². The van der Waals surface area contributed by atoms with Crippen LogP contribution in [0.15, 0.2) is 0 Å². The number of hydrogen-bond acceptors (Lipinski definition) is 5. The van der Waals surface area contributed by atoms with Gasteiger partial charge in [-0.2, -0.15) is 0 Å². The Labute approximate surface area is 121 Å². The fraction of sp³-hybridized carbons (Fsp3) is 0.857. The number of carbonyl (C=O) groups excluding carboxylic acids is 2. The maximum atomic E-state index is 11.3. The van der Waals surface area contributed by atoms with Crippen molar-refractivity contribution in [2.24, 2.45) is 5.92 Å². The van der Waals surface area contributed by atoms with Crippen LogP contribution in [-0.2, 0) is 23.2 Å². The summed E-state index contributed by atoms with van der Waals surface area (Å²) in [6.45, 7) is 4.69. The lowest BCUT2D eigenvalue weighted by molar-refractivity contribution is -0.139. The van der Waals surface area contributed by atoms with Gasteiger partial charge in [-0.05, 0) is 31.6 Å². The molecule has 0 bridgehead atoms. The lowest BCUT2D eigenvalue weighted by Gasteiger charge is -2.29. The Balaban J connectivity index is 1.91. The van der Waals surface area contributed by atoms with Crippen molar-refractivity contribution in [2.75, 3.05) is 0 Å². The minimum atomic E-state index is -2.73. The predicted octanol–water partition coefficient (Wildman–Crippen LogP) is 2.53. The van der Waals surface area contributed by atoms with Crippen LogP contribution >= 0.6 is 0 Å². The van der Waals surface area contributed by atoms with E-state index in [4.69, 9.17) is 13.6 Å². The third-order valence-corrected chi connectivity index (χ3v) is 7.69. The van der Waals surface area contributed by atoms with Gasteiger partial charge in [0.1, 0.15) is 0 Å². The van der Waals surface area contributed by atoms with Gasteiger partial charge in [0.25, 0.3) is 11.9 Å². The Morgan fingerprint density at radius 1 is 1.15 bits per heavy atom. The maximum absolute atomic E-state index is 11.3. The van der Waals surface area contributed by atoms with E-state index in [-0.39, 0.29) is 11.9 Å². The zero-order valence-corrected chi connectivity index (χ0v) is 13.5. The molecule has 20 heavy (non-hydrogen) atoms. The van der Waals surface area contributed by atoms with Crippen molar-refractivity contribution in [3.8, 4) is 0 Å². The fourth-order valence-corrected chi connectivity index (χ4v) is 5.92. The third-order valence-electron chi connectivity index (χ3n) is 4.24. The molecule has 2 aliphatic rings. The summed E-state index contributed by atoms with van der Waals surface area (Å²) < 4.78 is 16.4.